The molecule has 2 N–H and O–H groups in total. The summed E-state index contributed by atoms with van der Waals surface area (Å²) in [6.45, 7) is 1.51. The van der Waals surface area contributed by atoms with Crippen molar-refractivity contribution in [1.29, 1.82) is 0 Å². The number of aromatic nitrogens is 5. The van der Waals surface area contributed by atoms with Crippen LogP contribution in [0.1, 0.15) is 28.8 Å². The van der Waals surface area contributed by atoms with Gasteiger partial charge in [-0.3, -0.25) is 4.90 Å². The zero-order chi connectivity index (χ0) is 17.5. The average Bonchev–Trinajstić information content (AvgIpc) is 3.28. The van der Waals surface area contributed by atoms with Crippen molar-refractivity contribution in [3.05, 3.63) is 77.5 Å². The molecule has 0 radical (unpaired) electrons. The highest BCUT2D eigenvalue weighted by Crippen LogP contribution is 2.34. The highest BCUT2D eigenvalue weighted by atomic mass is 19.1. The number of nitrogens with zero attached hydrogens (tertiary/aromatic N) is 4. The van der Waals surface area contributed by atoms with Crippen molar-refractivity contribution in [3.8, 4) is 0 Å². The third kappa shape index (κ3) is 2.57. The number of imidazole rings is 2. The number of pyridine rings is 1. The average molecular weight is 348 g/mol. The number of nitrogens with one attached hydrogen (secondary N) is 2. The molecular formula is C19H17FN6. The molecule has 1 atom stereocenters. The number of halogens is 1. The minimum Gasteiger partial charge on any atom is -0.348 e. The van der Waals surface area contributed by atoms with Gasteiger partial charge in [0.1, 0.15) is 11.6 Å². The van der Waals surface area contributed by atoms with Gasteiger partial charge in [0, 0.05) is 24.9 Å². The maximum atomic E-state index is 13.4. The summed E-state index contributed by atoms with van der Waals surface area (Å²) in [5.41, 5.74) is 4.81. The largest absolute Gasteiger partial charge is 0.348 e. The van der Waals surface area contributed by atoms with Crippen LogP contribution in [-0.4, -0.2) is 36.4 Å². The summed E-state index contributed by atoms with van der Waals surface area (Å²) >= 11 is 0. The van der Waals surface area contributed by atoms with E-state index in [0.29, 0.717) is 6.54 Å². The zero-order valence-corrected chi connectivity index (χ0v) is 14.0. The van der Waals surface area contributed by atoms with Crippen LogP contribution in [0.15, 0.2) is 48.9 Å². The van der Waals surface area contributed by atoms with Gasteiger partial charge in [-0.25, -0.2) is 19.3 Å². The molecule has 7 heteroatoms. The lowest BCUT2D eigenvalue weighted by atomic mass is 9.95. The van der Waals surface area contributed by atoms with Crippen molar-refractivity contribution in [2.24, 2.45) is 0 Å². The fourth-order valence-electron chi connectivity index (χ4n) is 3.67. The molecule has 6 nitrogen and oxygen atoms in total. The van der Waals surface area contributed by atoms with Crippen LogP contribution in [0.4, 0.5) is 4.39 Å². The first-order valence-electron chi connectivity index (χ1n) is 8.59. The molecule has 0 amide bonds. The van der Waals surface area contributed by atoms with E-state index in [0.717, 1.165) is 46.9 Å². The molecule has 1 unspecified atom stereocenters. The van der Waals surface area contributed by atoms with Crippen LogP contribution in [0, 0.1) is 5.82 Å². The molecule has 130 valence electrons. The Balaban J connectivity index is 1.52. The summed E-state index contributed by atoms with van der Waals surface area (Å²) in [4.78, 5) is 22.3. The number of fused-ring (bicyclic) bond motifs is 2. The molecule has 26 heavy (non-hydrogen) atoms. The van der Waals surface area contributed by atoms with Crippen molar-refractivity contribution < 1.29 is 4.39 Å². The van der Waals surface area contributed by atoms with Gasteiger partial charge >= 0.3 is 0 Å². The van der Waals surface area contributed by atoms with Gasteiger partial charge in [-0.2, -0.15) is 0 Å². The Morgan fingerprint density at radius 1 is 1.15 bits per heavy atom. The molecule has 0 fully saturated rings. The molecule has 4 heterocycles. The molecule has 5 rings (SSSR count). The zero-order valence-electron chi connectivity index (χ0n) is 14.0. The lowest BCUT2D eigenvalue weighted by molar-refractivity contribution is 0.196. The van der Waals surface area contributed by atoms with E-state index in [-0.39, 0.29) is 11.9 Å². The van der Waals surface area contributed by atoms with E-state index in [9.17, 15) is 4.39 Å². The van der Waals surface area contributed by atoms with Crippen molar-refractivity contribution in [3.63, 3.8) is 0 Å². The van der Waals surface area contributed by atoms with Crippen molar-refractivity contribution in [1.82, 2.24) is 29.8 Å². The SMILES string of the molecule is Fc1ccc(C2c3nc[nH]c3CCN2Cc2nc3ncccc3[nH]2)cc1. The van der Waals surface area contributed by atoms with Crippen LogP contribution < -0.4 is 0 Å². The molecule has 3 aromatic heterocycles. The van der Waals surface area contributed by atoms with Crippen LogP contribution in [0.5, 0.6) is 0 Å². The van der Waals surface area contributed by atoms with E-state index < -0.39 is 0 Å². The molecule has 1 aliphatic rings. The van der Waals surface area contributed by atoms with E-state index in [4.69, 9.17) is 0 Å². The Morgan fingerprint density at radius 2 is 2.04 bits per heavy atom. The third-order valence-electron chi connectivity index (χ3n) is 4.87. The van der Waals surface area contributed by atoms with Gasteiger partial charge in [0.2, 0.25) is 0 Å². The second-order valence-corrected chi connectivity index (χ2v) is 6.50. The van der Waals surface area contributed by atoms with Crippen LogP contribution in [-0.2, 0) is 13.0 Å². The summed E-state index contributed by atoms with van der Waals surface area (Å²) in [6, 6.07) is 10.5. The molecule has 1 aromatic carbocycles. The van der Waals surface area contributed by atoms with Crippen LogP contribution in [0.25, 0.3) is 11.2 Å². The minimum atomic E-state index is -0.235. The predicted molar refractivity (Wildman–Crippen MR) is 94.8 cm³/mol. The molecule has 0 aliphatic carbocycles. The Hall–Kier alpha value is -3.06. The Labute approximate surface area is 149 Å². The number of hydrogen-bond acceptors (Lipinski definition) is 4. The van der Waals surface area contributed by atoms with Crippen molar-refractivity contribution in [2.45, 2.75) is 19.0 Å². The van der Waals surface area contributed by atoms with Gasteiger partial charge in [-0.05, 0) is 29.8 Å². The molecular weight excluding hydrogens is 331 g/mol. The van der Waals surface area contributed by atoms with Crippen molar-refractivity contribution in [2.75, 3.05) is 6.54 Å². The standard InChI is InChI=1S/C19H17FN6/c20-13-5-3-12(4-6-13)18-17-14(22-11-23-17)7-9-26(18)10-16-24-15-2-1-8-21-19(15)25-16/h1-6,8,11,18H,7,9-10H2,(H,22,23)(H,21,24,25). The summed E-state index contributed by atoms with van der Waals surface area (Å²) in [6.07, 6.45) is 4.37. The van der Waals surface area contributed by atoms with Crippen LogP contribution in [0.3, 0.4) is 0 Å². The molecule has 0 saturated heterocycles. The van der Waals surface area contributed by atoms with Gasteiger partial charge in [-0.15, -0.1) is 0 Å². The molecule has 1 aliphatic heterocycles. The lowest BCUT2D eigenvalue weighted by Crippen LogP contribution is -2.36. The van der Waals surface area contributed by atoms with E-state index in [1.165, 1.54) is 12.1 Å². The molecule has 4 aromatic rings. The summed E-state index contributed by atoms with van der Waals surface area (Å²) in [5.74, 6) is 0.631. The number of benzene rings is 1. The second-order valence-electron chi connectivity index (χ2n) is 6.50. The van der Waals surface area contributed by atoms with Crippen LogP contribution in [0.2, 0.25) is 0 Å². The van der Waals surface area contributed by atoms with E-state index in [1.807, 2.05) is 24.3 Å². The number of rotatable bonds is 3. The summed E-state index contributed by atoms with van der Waals surface area (Å²) < 4.78 is 13.4. The fourth-order valence-corrected chi connectivity index (χ4v) is 3.67. The Kier molecular flexibility index (Phi) is 3.53. The molecule has 0 spiro atoms. The Bertz CT molecular complexity index is 1020. The molecule has 0 bridgehead atoms. The van der Waals surface area contributed by atoms with Gasteiger partial charge < -0.3 is 9.97 Å². The quantitative estimate of drug-likeness (QED) is 0.597. The smallest absolute Gasteiger partial charge is 0.177 e. The predicted octanol–water partition coefficient (Wildman–Crippen LogP) is 2.97. The lowest BCUT2D eigenvalue weighted by Gasteiger charge is -2.34. The first-order chi connectivity index (χ1) is 12.8. The monoisotopic (exact) mass is 348 g/mol. The first-order valence-corrected chi connectivity index (χ1v) is 8.59. The van der Waals surface area contributed by atoms with E-state index >= 15 is 0 Å². The topological polar surface area (TPSA) is 73.5 Å². The van der Waals surface area contributed by atoms with E-state index in [2.05, 4.69) is 29.8 Å². The molecule has 0 saturated carbocycles. The van der Waals surface area contributed by atoms with E-state index in [1.54, 1.807) is 12.5 Å². The summed E-state index contributed by atoms with van der Waals surface area (Å²) in [5, 5.41) is 0. The first kappa shape index (κ1) is 15.2. The fraction of sp³-hybridized carbons (Fsp3) is 0.211. The second kappa shape index (κ2) is 6.03. The number of hydrogen-bond donors (Lipinski definition) is 2. The van der Waals surface area contributed by atoms with Gasteiger partial charge in [0.05, 0.1) is 30.1 Å². The number of aromatic amines is 2. The van der Waals surface area contributed by atoms with Gasteiger partial charge in [0.15, 0.2) is 5.65 Å². The van der Waals surface area contributed by atoms with Gasteiger partial charge in [-0.1, -0.05) is 12.1 Å². The van der Waals surface area contributed by atoms with Gasteiger partial charge in [0.25, 0.3) is 0 Å². The highest BCUT2D eigenvalue weighted by molar-refractivity contribution is 5.69. The third-order valence-corrected chi connectivity index (χ3v) is 4.87. The maximum absolute atomic E-state index is 13.4. The summed E-state index contributed by atoms with van der Waals surface area (Å²) in [7, 11) is 0. The maximum Gasteiger partial charge on any atom is 0.177 e. The Morgan fingerprint density at radius 3 is 2.88 bits per heavy atom. The minimum absolute atomic E-state index is 0.0354. The normalized spacial score (nSPS) is 17.5. The number of H-pyrrole nitrogens is 2. The van der Waals surface area contributed by atoms with Crippen molar-refractivity contribution >= 4 is 11.2 Å². The van der Waals surface area contributed by atoms with Crippen LogP contribution >= 0.6 is 0 Å². The highest BCUT2D eigenvalue weighted by Gasteiger charge is 2.31.